The Morgan fingerprint density at radius 1 is 1.13 bits per heavy atom. The lowest BCUT2D eigenvalue weighted by atomic mass is 9.99. The molecule has 0 atom stereocenters. The Bertz CT molecular complexity index is 252. The molecule has 3 nitrogen and oxygen atoms in total. The average molecular weight is 212 g/mol. The predicted octanol–water partition coefficient (Wildman–Crippen LogP) is 2.66. The van der Waals surface area contributed by atoms with Gasteiger partial charge in [0.2, 0.25) is 0 Å². The van der Waals surface area contributed by atoms with Crippen molar-refractivity contribution in [2.45, 2.75) is 47.1 Å². The van der Waals surface area contributed by atoms with Crippen molar-refractivity contribution in [3.8, 4) is 0 Å². The zero-order valence-corrected chi connectivity index (χ0v) is 10.8. The molecule has 0 fully saturated rings. The first-order chi connectivity index (χ1) is 6.67. The van der Waals surface area contributed by atoms with E-state index in [1.165, 1.54) is 0 Å². The quantitative estimate of drug-likeness (QED) is 0.718. The fraction of sp³-hybridized carbons (Fsp3) is 0.750. The molecule has 0 saturated heterocycles. The zero-order chi connectivity index (χ0) is 12.1. The summed E-state index contributed by atoms with van der Waals surface area (Å²) in [4.78, 5) is 0. The molecule has 3 heteroatoms. The van der Waals surface area contributed by atoms with Crippen LogP contribution in [0.3, 0.4) is 0 Å². The number of aromatic nitrogens is 2. The highest BCUT2D eigenvalue weighted by Crippen LogP contribution is 2.10. The molecule has 0 aliphatic rings. The van der Waals surface area contributed by atoms with Crippen LogP contribution in [0.5, 0.6) is 0 Å². The third-order valence-electron chi connectivity index (χ3n) is 1.67. The van der Waals surface area contributed by atoms with E-state index < -0.39 is 0 Å². The lowest BCUT2D eigenvalue weighted by Crippen LogP contribution is -2.21. The maximum atomic E-state index is 8.40. The van der Waals surface area contributed by atoms with Crippen molar-refractivity contribution in [2.75, 3.05) is 6.61 Å². The average Bonchev–Trinajstić information content (AvgIpc) is 2.54. The third kappa shape index (κ3) is 7.14. The minimum absolute atomic E-state index is 0.0972. The second-order valence-electron chi connectivity index (χ2n) is 5.84. The van der Waals surface area contributed by atoms with Gasteiger partial charge in [-0.25, -0.2) is 0 Å². The van der Waals surface area contributed by atoms with E-state index in [0.717, 1.165) is 0 Å². The molecular formula is C12H24N2O. The molecule has 88 valence electrons. The van der Waals surface area contributed by atoms with Gasteiger partial charge in [-0.05, 0) is 32.3 Å². The molecule has 1 rings (SSSR count). The highest BCUT2D eigenvalue weighted by molar-refractivity contribution is 4.83. The fourth-order valence-corrected chi connectivity index (χ4v) is 0.666. The minimum atomic E-state index is 0.0972. The van der Waals surface area contributed by atoms with Gasteiger partial charge in [-0.3, -0.25) is 4.68 Å². The van der Waals surface area contributed by atoms with E-state index >= 15 is 0 Å². The molecule has 0 spiro atoms. The lowest BCUT2D eigenvalue weighted by molar-refractivity contribution is 0.177. The molecule has 0 radical (unpaired) electrons. The van der Waals surface area contributed by atoms with E-state index in [-0.39, 0.29) is 17.6 Å². The first-order valence-corrected chi connectivity index (χ1v) is 5.28. The Hall–Kier alpha value is -0.830. The summed E-state index contributed by atoms with van der Waals surface area (Å²) in [5.74, 6) is 0. The summed E-state index contributed by atoms with van der Waals surface area (Å²) in [5, 5.41) is 12.5. The monoisotopic (exact) mass is 212 g/mol. The normalized spacial score (nSPS) is 11.9. The first kappa shape index (κ1) is 14.2. The summed E-state index contributed by atoms with van der Waals surface area (Å²) >= 11 is 0. The largest absolute Gasteiger partial charge is 0.396 e. The Balaban J connectivity index is 0.000000288. The zero-order valence-electron chi connectivity index (χ0n) is 10.8. The highest BCUT2D eigenvalue weighted by Gasteiger charge is 2.10. The molecule has 15 heavy (non-hydrogen) atoms. The second-order valence-corrected chi connectivity index (χ2v) is 5.84. The van der Waals surface area contributed by atoms with Gasteiger partial charge in [0.1, 0.15) is 0 Å². The summed E-state index contributed by atoms with van der Waals surface area (Å²) in [6, 6.07) is 1.94. The predicted molar refractivity (Wildman–Crippen MR) is 63.8 cm³/mol. The van der Waals surface area contributed by atoms with Gasteiger partial charge in [0.05, 0.1) is 5.54 Å². The number of hydrogen-bond donors (Lipinski definition) is 1. The molecule has 0 aromatic carbocycles. The van der Waals surface area contributed by atoms with Crippen molar-refractivity contribution >= 4 is 0 Å². The van der Waals surface area contributed by atoms with E-state index in [1.54, 1.807) is 6.20 Å². The van der Waals surface area contributed by atoms with Crippen molar-refractivity contribution in [1.29, 1.82) is 0 Å². The van der Waals surface area contributed by atoms with Gasteiger partial charge in [0.25, 0.3) is 0 Å². The molecule has 1 aromatic rings. The summed E-state index contributed by atoms with van der Waals surface area (Å²) in [5.41, 5.74) is 0.226. The number of rotatable bonds is 0. The van der Waals surface area contributed by atoms with Crippen LogP contribution >= 0.6 is 0 Å². The molecule has 1 aromatic heterocycles. The topological polar surface area (TPSA) is 38.0 Å². The maximum absolute atomic E-state index is 8.40. The van der Waals surface area contributed by atoms with Gasteiger partial charge >= 0.3 is 0 Å². The van der Waals surface area contributed by atoms with E-state index in [9.17, 15) is 0 Å². The van der Waals surface area contributed by atoms with Gasteiger partial charge in [-0.1, -0.05) is 20.8 Å². The molecule has 0 saturated carbocycles. The van der Waals surface area contributed by atoms with Crippen LogP contribution in [0.4, 0.5) is 0 Å². The van der Waals surface area contributed by atoms with E-state index in [0.29, 0.717) is 0 Å². The number of hydrogen-bond acceptors (Lipinski definition) is 2. The van der Waals surface area contributed by atoms with E-state index in [1.807, 2.05) is 37.7 Å². The standard InChI is InChI=1S/C7H12N2.C5H12O/c1-7(2,3)9-6-4-5-8-9;1-5(2,3)4-6/h4-6H,1-3H3;6H,4H2,1-3H3. The van der Waals surface area contributed by atoms with Crippen LogP contribution in [0, 0.1) is 5.41 Å². The molecular weight excluding hydrogens is 188 g/mol. The number of aliphatic hydroxyl groups excluding tert-OH is 1. The van der Waals surface area contributed by atoms with Gasteiger partial charge in [-0.2, -0.15) is 5.10 Å². The summed E-state index contributed by atoms with van der Waals surface area (Å²) in [7, 11) is 0. The Morgan fingerprint density at radius 3 is 1.73 bits per heavy atom. The van der Waals surface area contributed by atoms with E-state index in [2.05, 4.69) is 25.9 Å². The van der Waals surface area contributed by atoms with Crippen molar-refractivity contribution in [1.82, 2.24) is 9.78 Å². The molecule has 0 amide bonds. The van der Waals surface area contributed by atoms with Crippen LogP contribution in [0.15, 0.2) is 18.5 Å². The van der Waals surface area contributed by atoms with Crippen molar-refractivity contribution in [2.24, 2.45) is 5.41 Å². The molecule has 0 unspecified atom stereocenters. The number of aliphatic hydroxyl groups is 1. The second kappa shape index (κ2) is 5.31. The molecule has 0 aliphatic heterocycles. The van der Waals surface area contributed by atoms with Crippen molar-refractivity contribution in [3.05, 3.63) is 18.5 Å². The summed E-state index contributed by atoms with van der Waals surface area (Å²) < 4.78 is 1.94. The van der Waals surface area contributed by atoms with Crippen LogP contribution < -0.4 is 0 Å². The Morgan fingerprint density at radius 2 is 1.60 bits per heavy atom. The van der Waals surface area contributed by atoms with Gasteiger partial charge in [0.15, 0.2) is 0 Å². The molecule has 0 aliphatic carbocycles. The van der Waals surface area contributed by atoms with Crippen molar-refractivity contribution in [3.63, 3.8) is 0 Å². The van der Waals surface area contributed by atoms with Gasteiger partial charge in [0, 0.05) is 19.0 Å². The van der Waals surface area contributed by atoms with Crippen LogP contribution in [0.25, 0.3) is 0 Å². The summed E-state index contributed by atoms with van der Waals surface area (Å²) in [6.45, 7) is 12.6. The first-order valence-electron chi connectivity index (χ1n) is 5.28. The van der Waals surface area contributed by atoms with Crippen LogP contribution in [-0.4, -0.2) is 21.5 Å². The molecule has 1 N–H and O–H groups in total. The maximum Gasteiger partial charge on any atom is 0.0543 e. The van der Waals surface area contributed by atoms with Crippen LogP contribution in [0.1, 0.15) is 41.5 Å². The fourth-order valence-electron chi connectivity index (χ4n) is 0.666. The molecule has 0 bridgehead atoms. The van der Waals surface area contributed by atoms with Crippen molar-refractivity contribution < 1.29 is 5.11 Å². The lowest BCUT2D eigenvalue weighted by Gasteiger charge is -2.18. The minimum Gasteiger partial charge on any atom is -0.396 e. The summed E-state index contributed by atoms with van der Waals surface area (Å²) in [6.07, 6.45) is 3.77. The van der Waals surface area contributed by atoms with Gasteiger partial charge < -0.3 is 5.11 Å². The Kier molecular flexibility index (Phi) is 5.01. The number of nitrogens with zero attached hydrogens (tertiary/aromatic N) is 2. The third-order valence-corrected chi connectivity index (χ3v) is 1.67. The Labute approximate surface area is 93.1 Å². The van der Waals surface area contributed by atoms with E-state index in [4.69, 9.17) is 5.11 Å². The highest BCUT2D eigenvalue weighted by atomic mass is 16.3. The SMILES string of the molecule is CC(C)(C)CO.CC(C)(C)n1cccn1. The van der Waals surface area contributed by atoms with Crippen LogP contribution in [0.2, 0.25) is 0 Å². The smallest absolute Gasteiger partial charge is 0.0543 e. The molecule has 1 heterocycles. The van der Waals surface area contributed by atoms with Gasteiger partial charge in [-0.15, -0.1) is 0 Å². The van der Waals surface area contributed by atoms with Crippen LogP contribution in [-0.2, 0) is 5.54 Å².